The summed E-state index contributed by atoms with van der Waals surface area (Å²) in [5, 5.41) is 3.62. The number of anilines is 2. The fourth-order valence-corrected chi connectivity index (χ4v) is 3.48. The van der Waals surface area contributed by atoms with Gasteiger partial charge in [-0.2, -0.15) is 0 Å². The molecule has 0 saturated carbocycles. The molecule has 0 spiro atoms. The Morgan fingerprint density at radius 1 is 1.18 bits per heavy atom. The lowest BCUT2D eigenvalue weighted by Crippen LogP contribution is -2.29. The Labute approximate surface area is 165 Å². The first-order chi connectivity index (χ1) is 13.5. The Balaban J connectivity index is 1.57. The Kier molecular flexibility index (Phi) is 4.96. The van der Waals surface area contributed by atoms with E-state index in [9.17, 15) is 13.6 Å². The van der Waals surface area contributed by atoms with Crippen molar-refractivity contribution in [1.29, 1.82) is 0 Å². The van der Waals surface area contributed by atoms with Gasteiger partial charge in [-0.05, 0) is 48.4 Å². The van der Waals surface area contributed by atoms with Crippen LogP contribution in [0.1, 0.15) is 21.5 Å². The second kappa shape index (κ2) is 7.56. The lowest BCUT2D eigenvalue weighted by Gasteiger charge is -2.19. The zero-order chi connectivity index (χ0) is 19.7. The second-order valence-electron chi connectivity index (χ2n) is 6.47. The summed E-state index contributed by atoms with van der Waals surface area (Å²) in [6, 6.07) is 12.2. The van der Waals surface area contributed by atoms with Gasteiger partial charge in [-0.15, -0.1) is 0 Å². The molecule has 0 bridgehead atoms. The molecule has 3 aromatic rings. The van der Waals surface area contributed by atoms with E-state index in [1.165, 1.54) is 12.1 Å². The van der Waals surface area contributed by atoms with Crippen LogP contribution in [-0.4, -0.2) is 17.4 Å². The molecule has 2 aromatic carbocycles. The smallest absolute Gasteiger partial charge is 0.262 e. The molecule has 2 heterocycles. The number of carbonyl (C=O) groups excluding carboxylic acids is 1. The number of amides is 1. The number of nitrogens with zero attached hydrogens (tertiary/aromatic N) is 2. The predicted molar refractivity (Wildman–Crippen MR) is 105 cm³/mol. The van der Waals surface area contributed by atoms with Crippen molar-refractivity contribution in [2.45, 2.75) is 13.0 Å². The molecule has 7 heteroatoms. The van der Waals surface area contributed by atoms with Crippen molar-refractivity contribution in [3.63, 3.8) is 0 Å². The van der Waals surface area contributed by atoms with Gasteiger partial charge >= 0.3 is 0 Å². The minimum absolute atomic E-state index is 0.0790. The molecule has 0 fully saturated rings. The number of fused-ring (bicyclic) bond motifs is 1. The molecule has 28 heavy (non-hydrogen) atoms. The summed E-state index contributed by atoms with van der Waals surface area (Å²) in [6.07, 6.45) is 2.28. The lowest BCUT2D eigenvalue weighted by molar-refractivity contribution is 0.0990. The van der Waals surface area contributed by atoms with E-state index in [1.54, 1.807) is 29.3 Å². The van der Waals surface area contributed by atoms with E-state index in [0.29, 0.717) is 22.9 Å². The molecular formula is C21H16ClF2N3O. The predicted octanol–water partition coefficient (Wildman–Crippen LogP) is 4.83. The summed E-state index contributed by atoms with van der Waals surface area (Å²) in [7, 11) is 0. The fourth-order valence-electron chi connectivity index (χ4n) is 3.29. The summed E-state index contributed by atoms with van der Waals surface area (Å²) in [5.74, 6) is -1.14. The number of hydrogen-bond donors (Lipinski definition) is 1. The summed E-state index contributed by atoms with van der Waals surface area (Å²) < 4.78 is 26.9. The van der Waals surface area contributed by atoms with Crippen molar-refractivity contribution in [2.75, 3.05) is 16.8 Å². The Morgan fingerprint density at radius 3 is 2.86 bits per heavy atom. The van der Waals surface area contributed by atoms with Gasteiger partial charge in [-0.3, -0.25) is 4.79 Å². The molecular weight excluding hydrogens is 384 g/mol. The molecule has 0 unspecified atom stereocenters. The molecule has 1 aromatic heterocycles. The molecule has 1 N–H and O–H groups in total. The number of carbonyl (C=O) groups is 1. The van der Waals surface area contributed by atoms with Crippen molar-refractivity contribution in [3.05, 3.63) is 88.1 Å². The zero-order valence-electron chi connectivity index (χ0n) is 14.8. The van der Waals surface area contributed by atoms with Gasteiger partial charge in [-0.25, -0.2) is 13.8 Å². The Morgan fingerprint density at radius 2 is 2.04 bits per heavy atom. The molecule has 1 aliphatic heterocycles. The van der Waals surface area contributed by atoms with Crippen LogP contribution in [0.3, 0.4) is 0 Å². The molecule has 4 rings (SSSR count). The lowest BCUT2D eigenvalue weighted by atomic mass is 10.1. The SMILES string of the molecule is O=C(c1cccnc1NCc1ccc(F)cc1F)N1CCc2cc(Cl)ccc21. The number of halogens is 3. The molecule has 0 atom stereocenters. The largest absolute Gasteiger partial charge is 0.365 e. The number of pyridine rings is 1. The third-order valence-electron chi connectivity index (χ3n) is 4.68. The highest BCUT2D eigenvalue weighted by Gasteiger charge is 2.27. The maximum atomic E-state index is 13.9. The van der Waals surface area contributed by atoms with Gasteiger partial charge in [0, 0.05) is 41.6 Å². The summed E-state index contributed by atoms with van der Waals surface area (Å²) in [5.41, 5.74) is 2.51. The monoisotopic (exact) mass is 399 g/mol. The summed E-state index contributed by atoms with van der Waals surface area (Å²) in [4.78, 5) is 19.0. The first-order valence-corrected chi connectivity index (χ1v) is 9.14. The van der Waals surface area contributed by atoms with Crippen LogP contribution in [0.4, 0.5) is 20.3 Å². The van der Waals surface area contributed by atoms with Gasteiger partial charge in [-0.1, -0.05) is 17.7 Å². The topological polar surface area (TPSA) is 45.2 Å². The summed E-state index contributed by atoms with van der Waals surface area (Å²) in [6.45, 7) is 0.630. The molecule has 0 aliphatic carbocycles. The van der Waals surface area contributed by atoms with E-state index in [-0.39, 0.29) is 18.0 Å². The minimum atomic E-state index is -0.651. The highest BCUT2D eigenvalue weighted by Crippen LogP contribution is 2.32. The van der Waals surface area contributed by atoms with Gasteiger partial charge in [0.05, 0.1) is 5.56 Å². The fraction of sp³-hybridized carbons (Fsp3) is 0.143. The second-order valence-corrected chi connectivity index (χ2v) is 6.91. The van der Waals surface area contributed by atoms with E-state index in [4.69, 9.17) is 11.6 Å². The van der Waals surface area contributed by atoms with Crippen LogP contribution in [0.5, 0.6) is 0 Å². The average molecular weight is 400 g/mol. The van der Waals surface area contributed by atoms with E-state index >= 15 is 0 Å². The number of aromatic nitrogens is 1. The van der Waals surface area contributed by atoms with Crippen molar-refractivity contribution in [2.24, 2.45) is 0 Å². The van der Waals surface area contributed by atoms with Crippen LogP contribution >= 0.6 is 11.6 Å². The van der Waals surface area contributed by atoms with Gasteiger partial charge in [0.1, 0.15) is 17.5 Å². The van der Waals surface area contributed by atoms with Crippen LogP contribution in [0.15, 0.2) is 54.7 Å². The van der Waals surface area contributed by atoms with Gasteiger partial charge in [0.25, 0.3) is 5.91 Å². The van der Waals surface area contributed by atoms with Gasteiger partial charge in [0.15, 0.2) is 0 Å². The van der Waals surface area contributed by atoms with E-state index in [0.717, 1.165) is 23.7 Å². The molecule has 0 saturated heterocycles. The third kappa shape index (κ3) is 3.55. The van der Waals surface area contributed by atoms with E-state index < -0.39 is 11.6 Å². The summed E-state index contributed by atoms with van der Waals surface area (Å²) >= 11 is 6.04. The first-order valence-electron chi connectivity index (χ1n) is 8.76. The maximum absolute atomic E-state index is 13.9. The van der Waals surface area contributed by atoms with Crippen LogP contribution in [0.2, 0.25) is 5.02 Å². The maximum Gasteiger partial charge on any atom is 0.262 e. The minimum Gasteiger partial charge on any atom is -0.365 e. The van der Waals surface area contributed by atoms with E-state index in [1.807, 2.05) is 12.1 Å². The number of benzene rings is 2. The standard InChI is InChI=1S/C21H16ClF2N3O/c22-15-4-6-19-13(10-15)7-9-27(19)21(28)17-2-1-8-25-20(17)26-12-14-3-5-16(23)11-18(14)24/h1-6,8,10-11H,7,9,12H2,(H,25,26). The van der Waals surface area contributed by atoms with E-state index in [2.05, 4.69) is 10.3 Å². The Bertz CT molecular complexity index is 1060. The van der Waals surface area contributed by atoms with Crippen molar-refractivity contribution < 1.29 is 13.6 Å². The zero-order valence-corrected chi connectivity index (χ0v) is 15.5. The molecule has 142 valence electrons. The van der Waals surface area contributed by atoms with Crippen molar-refractivity contribution in [1.82, 2.24) is 4.98 Å². The Hall–Kier alpha value is -2.99. The van der Waals surface area contributed by atoms with Crippen LogP contribution in [0, 0.1) is 11.6 Å². The molecule has 0 radical (unpaired) electrons. The average Bonchev–Trinajstić information content (AvgIpc) is 3.10. The third-order valence-corrected chi connectivity index (χ3v) is 4.92. The van der Waals surface area contributed by atoms with Gasteiger partial charge < -0.3 is 10.2 Å². The molecule has 1 aliphatic rings. The molecule has 4 nitrogen and oxygen atoms in total. The number of hydrogen-bond acceptors (Lipinski definition) is 3. The highest BCUT2D eigenvalue weighted by molar-refractivity contribution is 6.30. The quantitative estimate of drug-likeness (QED) is 0.683. The van der Waals surface area contributed by atoms with Gasteiger partial charge in [0.2, 0.25) is 0 Å². The van der Waals surface area contributed by atoms with Crippen molar-refractivity contribution >= 4 is 29.0 Å². The van der Waals surface area contributed by atoms with Crippen LogP contribution < -0.4 is 10.2 Å². The van der Waals surface area contributed by atoms with Crippen LogP contribution in [-0.2, 0) is 13.0 Å². The first kappa shape index (κ1) is 18.4. The number of nitrogens with one attached hydrogen (secondary N) is 1. The highest BCUT2D eigenvalue weighted by atomic mass is 35.5. The molecule has 1 amide bonds. The normalized spacial score (nSPS) is 12.8. The van der Waals surface area contributed by atoms with Crippen LogP contribution in [0.25, 0.3) is 0 Å². The number of rotatable bonds is 4. The van der Waals surface area contributed by atoms with Crippen molar-refractivity contribution in [3.8, 4) is 0 Å².